The van der Waals surface area contributed by atoms with E-state index in [2.05, 4.69) is 22.7 Å². The monoisotopic (exact) mass is 398 g/mol. The van der Waals surface area contributed by atoms with E-state index < -0.39 is 11.8 Å². The van der Waals surface area contributed by atoms with Crippen LogP contribution < -0.4 is 10.6 Å². The minimum absolute atomic E-state index is 0.0790. The van der Waals surface area contributed by atoms with Crippen LogP contribution in [0.25, 0.3) is 5.69 Å². The van der Waals surface area contributed by atoms with E-state index in [1.165, 1.54) is 6.42 Å². The maximum absolute atomic E-state index is 12.7. The lowest BCUT2D eigenvalue weighted by Gasteiger charge is -2.29. The van der Waals surface area contributed by atoms with Gasteiger partial charge >= 0.3 is 11.8 Å². The number of hydrogen-bond acceptors (Lipinski definition) is 4. The van der Waals surface area contributed by atoms with Crippen molar-refractivity contribution in [2.45, 2.75) is 57.1 Å². The van der Waals surface area contributed by atoms with E-state index in [-0.39, 0.29) is 6.04 Å². The molecule has 2 aliphatic rings. The van der Waals surface area contributed by atoms with Gasteiger partial charge in [0, 0.05) is 23.1 Å². The van der Waals surface area contributed by atoms with E-state index in [0.29, 0.717) is 11.7 Å². The lowest BCUT2D eigenvalue weighted by atomic mass is 9.86. The Bertz CT molecular complexity index is 891. The summed E-state index contributed by atoms with van der Waals surface area (Å²) < 4.78 is 1.75. The van der Waals surface area contributed by atoms with Crippen LogP contribution in [0.4, 0.5) is 5.82 Å². The molecule has 6 nitrogen and oxygen atoms in total. The molecule has 0 spiro atoms. The van der Waals surface area contributed by atoms with Gasteiger partial charge in [0.05, 0.1) is 11.4 Å². The summed E-state index contributed by atoms with van der Waals surface area (Å²) in [5.74, 6) is 1.45. The standard InChI is InChI=1S/C21H26N4O2S/c1-13-7-9-15(10-8-13)25-19(16-11-28-12-18(16)24-25)23-21(27)20(26)22-17-6-4-3-5-14(17)2/h7-10,14,17H,3-6,11-12H2,1-2H3,(H,22,26)(H,23,27)/t14-,17+/m0/s1. The Morgan fingerprint density at radius 2 is 1.86 bits per heavy atom. The van der Waals surface area contributed by atoms with Crippen LogP contribution in [0.1, 0.15) is 49.4 Å². The highest BCUT2D eigenvalue weighted by Crippen LogP contribution is 2.36. The highest BCUT2D eigenvalue weighted by Gasteiger charge is 2.29. The predicted octanol–water partition coefficient (Wildman–Crippen LogP) is 3.56. The van der Waals surface area contributed by atoms with E-state index in [9.17, 15) is 9.59 Å². The van der Waals surface area contributed by atoms with E-state index in [4.69, 9.17) is 0 Å². The Kier molecular flexibility index (Phi) is 5.44. The Hall–Kier alpha value is -2.28. The topological polar surface area (TPSA) is 76.0 Å². The third-order valence-electron chi connectivity index (χ3n) is 5.70. The zero-order valence-electron chi connectivity index (χ0n) is 16.3. The fraction of sp³-hybridized carbons (Fsp3) is 0.476. The number of anilines is 1. The van der Waals surface area contributed by atoms with Gasteiger partial charge in [0.15, 0.2) is 0 Å². The molecular formula is C21H26N4O2S. The molecular weight excluding hydrogens is 372 g/mol. The van der Waals surface area contributed by atoms with E-state index in [1.807, 2.05) is 31.2 Å². The first kappa shape index (κ1) is 19.1. The SMILES string of the molecule is Cc1ccc(-n2nc3c(c2NC(=O)C(=O)N[C@@H]2CCCC[C@@H]2C)CSC3)cc1. The summed E-state index contributed by atoms with van der Waals surface area (Å²) in [6.45, 7) is 4.17. The molecule has 2 N–H and O–H groups in total. The average Bonchev–Trinajstić information content (AvgIpc) is 3.27. The maximum Gasteiger partial charge on any atom is 0.314 e. The lowest BCUT2D eigenvalue weighted by Crippen LogP contribution is -2.46. The van der Waals surface area contributed by atoms with Crippen LogP contribution in [0.15, 0.2) is 24.3 Å². The average molecular weight is 399 g/mol. The number of carbonyl (C=O) groups is 2. The summed E-state index contributed by atoms with van der Waals surface area (Å²) in [7, 11) is 0. The molecule has 148 valence electrons. The normalized spacial score (nSPS) is 21.2. The third kappa shape index (κ3) is 3.81. The number of rotatable bonds is 3. The Morgan fingerprint density at radius 3 is 2.61 bits per heavy atom. The molecule has 0 bridgehead atoms. The van der Waals surface area contributed by atoms with Crippen LogP contribution >= 0.6 is 11.8 Å². The molecule has 2 heterocycles. The van der Waals surface area contributed by atoms with Gasteiger partial charge in [-0.25, -0.2) is 4.68 Å². The highest BCUT2D eigenvalue weighted by molar-refractivity contribution is 7.98. The Labute approximate surface area is 169 Å². The van der Waals surface area contributed by atoms with Crippen LogP contribution in [0.5, 0.6) is 0 Å². The van der Waals surface area contributed by atoms with Gasteiger partial charge in [-0.15, -0.1) is 0 Å². The number of aryl methyl sites for hydroxylation is 1. The number of benzene rings is 1. The number of amides is 2. The smallest absolute Gasteiger partial charge is 0.314 e. The van der Waals surface area contributed by atoms with Gasteiger partial charge in [-0.05, 0) is 37.8 Å². The molecule has 2 aromatic rings. The Balaban J connectivity index is 1.54. The second-order valence-electron chi connectivity index (χ2n) is 7.81. The summed E-state index contributed by atoms with van der Waals surface area (Å²) in [5, 5.41) is 10.5. The first-order valence-corrected chi connectivity index (χ1v) is 11.1. The first-order valence-electron chi connectivity index (χ1n) is 9.90. The van der Waals surface area contributed by atoms with Crippen molar-refractivity contribution in [3.05, 3.63) is 41.1 Å². The molecule has 2 amide bonds. The van der Waals surface area contributed by atoms with Gasteiger partial charge in [-0.3, -0.25) is 9.59 Å². The molecule has 1 aliphatic carbocycles. The van der Waals surface area contributed by atoms with Crippen molar-refractivity contribution in [1.29, 1.82) is 0 Å². The van der Waals surface area contributed by atoms with E-state index in [1.54, 1.807) is 16.4 Å². The molecule has 0 radical (unpaired) electrons. The van der Waals surface area contributed by atoms with Crippen molar-refractivity contribution < 1.29 is 9.59 Å². The van der Waals surface area contributed by atoms with Crippen molar-refractivity contribution in [2.75, 3.05) is 5.32 Å². The van der Waals surface area contributed by atoms with Gasteiger partial charge in [-0.2, -0.15) is 16.9 Å². The van der Waals surface area contributed by atoms with Crippen molar-refractivity contribution >= 4 is 29.4 Å². The van der Waals surface area contributed by atoms with Crippen LogP contribution in [-0.4, -0.2) is 27.6 Å². The minimum atomic E-state index is -0.620. The van der Waals surface area contributed by atoms with E-state index in [0.717, 1.165) is 53.3 Å². The summed E-state index contributed by atoms with van der Waals surface area (Å²) in [6, 6.07) is 8.06. The van der Waals surface area contributed by atoms with Crippen molar-refractivity contribution in [1.82, 2.24) is 15.1 Å². The van der Waals surface area contributed by atoms with Gasteiger partial charge in [-0.1, -0.05) is 37.5 Å². The van der Waals surface area contributed by atoms with Crippen LogP contribution in [-0.2, 0) is 21.1 Å². The number of nitrogens with one attached hydrogen (secondary N) is 2. The maximum atomic E-state index is 12.7. The zero-order chi connectivity index (χ0) is 19.7. The minimum Gasteiger partial charge on any atom is -0.345 e. The molecule has 0 unspecified atom stereocenters. The molecule has 7 heteroatoms. The molecule has 0 saturated heterocycles. The first-order chi connectivity index (χ1) is 13.5. The van der Waals surface area contributed by atoms with Crippen LogP contribution in [0.2, 0.25) is 0 Å². The van der Waals surface area contributed by atoms with E-state index >= 15 is 0 Å². The van der Waals surface area contributed by atoms with Crippen LogP contribution in [0, 0.1) is 12.8 Å². The summed E-state index contributed by atoms with van der Waals surface area (Å²) in [5.41, 5.74) is 4.02. The highest BCUT2D eigenvalue weighted by atomic mass is 32.2. The molecule has 1 aromatic carbocycles. The molecule has 1 aliphatic heterocycles. The van der Waals surface area contributed by atoms with Crippen LogP contribution in [0.3, 0.4) is 0 Å². The fourth-order valence-electron chi connectivity index (χ4n) is 3.94. The van der Waals surface area contributed by atoms with Gasteiger partial charge in [0.25, 0.3) is 0 Å². The van der Waals surface area contributed by atoms with Gasteiger partial charge < -0.3 is 10.6 Å². The summed E-state index contributed by atoms with van der Waals surface area (Å²) in [6.07, 6.45) is 4.33. The van der Waals surface area contributed by atoms with Crippen molar-refractivity contribution in [2.24, 2.45) is 5.92 Å². The van der Waals surface area contributed by atoms with Crippen molar-refractivity contribution in [3.63, 3.8) is 0 Å². The summed E-state index contributed by atoms with van der Waals surface area (Å²) >= 11 is 1.77. The van der Waals surface area contributed by atoms with Crippen molar-refractivity contribution in [3.8, 4) is 5.69 Å². The molecule has 1 saturated carbocycles. The van der Waals surface area contributed by atoms with Gasteiger partial charge in [0.1, 0.15) is 5.82 Å². The second kappa shape index (κ2) is 7.99. The number of hydrogen-bond donors (Lipinski definition) is 2. The Morgan fingerprint density at radius 1 is 1.11 bits per heavy atom. The lowest BCUT2D eigenvalue weighted by molar-refractivity contribution is -0.137. The molecule has 1 fully saturated rings. The molecule has 1 aromatic heterocycles. The molecule has 2 atom stereocenters. The zero-order valence-corrected chi connectivity index (χ0v) is 17.1. The molecule has 28 heavy (non-hydrogen) atoms. The largest absolute Gasteiger partial charge is 0.345 e. The fourth-order valence-corrected chi connectivity index (χ4v) is 4.98. The third-order valence-corrected chi connectivity index (χ3v) is 6.67. The number of thioether (sulfide) groups is 1. The summed E-state index contributed by atoms with van der Waals surface area (Å²) in [4.78, 5) is 25.2. The number of aromatic nitrogens is 2. The van der Waals surface area contributed by atoms with Gasteiger partial charge in [0.2, 0.25) is 0 Å². The number of nitrogens with zero attached hydrogens (tertiary/aromatic N) is 2. The second-order valence-corrected chi connectivity index (χ2v) is 8.80. The molecule has 4 rings (SSSR count). The number of fused-ring (bicyclic) bond motifs is 1. The quantitative estimate of drug-likeness (QED) is 0.775. The number of carbonyl (C=O) groups excluding carboxylic acids is 2. The predicted molar refractivity (Wildman–Crippen MR) is 111 cm³/mol.